The van der Waals surface area contributed by atoms with E-state index in [-0.39, 0.29) is 6.04 Å². The molecule has 4 heteroatoms. The number of rotatable bonds is 6. The van der Waals surface area contributed by atoms with Gasteiger partial charge in [0.25, 0.3) is 0 Å². The van der Waals surface area contributed by atoms with Gasteiger partial charge < -0.3 is 9.80 Å². The van der Waals surface area contributed by atoms with E-state index in [9.17, 15) is 4.79 Å². The van der Waals surface area contributed by atoms with Crippen LogP contribution < -0.4 is 0 Å². The summed E-state index contributed by atoms with van der Waals surface area (Å²) in [7, 11) is 2.02. The number of piperazine rings is 1. The standard InChI is InChI=1S/C22H35N3O/c1-19(22(26)23(2)21-11-7-4-8-12-21)25-17-15-24(16-18-25)14-13-20-9-5-3-6-10-20/h3,5-6,9-10,19,21H,4,7-8,11-18H2,1-2H3. The van der Waals surface area contributed by atoms with Crippen molar-refractivity contribution in [2.24, 2.45) is 0 Å². The first-order valence-corrected chi connectivity index (χ1v) is 10.4. The number of benzene rings is 1. The Bertz CT molecular complexity index is 548. The van der Waals surface area contributed by atoms with E-state index in [0.717, 1.165) is 39.1 Å². The summed E-state index contributed by atoms with van der Waals surface area (Å²) in [6, 6.07) is 11.2. The molecule has 4 nitrogen and oxygen atoms in total. The van der Waals surface area contributed by atoms with Crippen molar-refractivity contribution in [3.8, 4) is 0 Å². The maximum Gasteiger partial charge on any atom is 0.239 e. The minimum Gasteiger partial charge on any atom is -0.341 e. The first-order valence-electron chi connectivity index (χ1n) is 10.4. The monoisotopic (exact) mass is 357 g/mol. The third-order valence-electron chi connectivity index (χ3n) is 6.34. The number of nitrogens with zero attached hydrogens (tertiary/aromatic N) is 3. The molecular formula is C22H35N3O. The Morgan fingerprint density at radius 2 is 1.73 bits per heavy atom. The number of likely N-dealkylation sites (N-methyl/N-ethyl adjacent to an activating group) is 1. The number of carbonyl (C=O) groups is 1. The Morgan fingerprint density at radius 3 is 2.38 bits per heavy atom. The van der Waals surface area contributed by atoms with E-state index >= 15 is 0 Å². The molecule has 1 amide bonds. The first kappa shape index (κ1) is 19.4. The maximum atomic E-state index is 12.9. The second kappa shape index (κ2) is 9.52. The largest absolute Gasteiger partial charge is 0.341 e. The fourth-order valence-electron chi connectivity index (χ4n) is 4.41. The van der Waals surface area contributed by atoms with Gasteiger partial charge in [0.2, 0.25) is 5.91 Å². The molecule has 1 heterocycles. The molecule has 26 heavy (non-hydrogen) atoms. The van der Waals surface area contributed by atoms with Crippen molar-refractivity contribution in [3.63, 3.8) is 0 Å². The van der Waals surface area contributed by atoms with Crippen molar-refractivity contribution in [2.45, 2.75) is 57.5 Å². The van der Waals surface area contributed by atoms with Crippen molar-refractivity contribution in [3.05, 3.63) is 35.9 Å². The highest BCUT2D eigenvalue weighted by molar-refractivity contribution is 5.81. The average Bonchev–Trinajstić information content (AvgIpc) is 2.72. The van der Waals surface area contributed by atoms with E-state index in [1.165, 1.54) is 37.7 Å². The zero-order valence-corrected chi connectivity index (χ0v) is 16.6. The van der Waals surface area contributed by atoms with E-state index in [0.29, 0.717) is 11.9 Å². The van der Waals surface area contributed by atoms with Crippen LogP contribution in [0.1, 0.15) is 44.6 Å². The molecule has 0 bridgehead atoms. The Hall–Kier alpha value is -1.39. The van der Waals surface area contributed by atoms with Crippen molar-refractivity contribution in [2.75, 3.05) is 39.8 Å². The van der Waals surface area contributed by atoms with Gasteiger partial charge in [-0.1, -0.05) is 49.6 Å². The van der Waals surface area contributed by atoms with Crippen LogP contribution in [0.3, 0.4) is 0 Å². The summed E-state index contributed by atoms with van der Waals surface area (Å²) < 4.78 is 0. The molecule has 144 valence electrons. The lowest BCUT2D eigenvalue weighted by Crippen LogP contribution is -2.55. The molecule has 1 aromatic rings. The predicted molar refractivity (Wildman–Crippen MR) is 107 cm³/mol. The van der Waals surface area contributed by atoms with Crippen LogP contribution in [0.25, 0.3) is 0 Å². The summed E-state index contributed by atoms with van der Waals surface area (Å²) in [5.41, 5.74) is 1.41. The normalized spacial score (nSPS) is 21.5. The molecule has 0 aromatic heterocycles. The van der Waals surface area contributed by atoms with E-state index in [4.69, 9.17) is 0 Å². The van der Waals surface area contributed by atoms with E-state index < -0.39 is 0 Å². The third kappa shape index (κ3) is 5.08. The summed E-state index contributed by atoms with van der Waals surface area (Å²) in [4.78, 5) is 19.9. The van der Waals surface area contributed by atoms with Gasteiger partial charge in [0.1, 0.15) is 0 Å². The zero-order chi connectivity index (χ0) is 18.4. The molecule has 0 radical (unpaired) electrons. The van der Waals surface area contributed by atoms with Crippen LogP contribution in [0, 0.1) is 0 Å². The Balaban J connectivity index is 1.42. The lowest BCUT2D eigenvalue weighted by Gasteiger charge is -2.40. The van der Waals surface area contributed by atoms with Crippen molar-refractivity contribution < 1.29 is 4.79 Å². The Kier molecular flexibility index (Phi) is 7.09. The van der Waals surface area contributed by atoms with Gasteiger partial charge in [0, 0.05) is 45.8 Å². The van der Waals surface area contributed by atoms with Crippen LogP contribution in [0.5, 0.6) is 0 Å². The minimum absolute atomic E-state index is 0.0122. The van der Waals surface area contributed by atoms with Gasteiger partial charge in [-0.25, -0.2) is 0 Å². The summed E-state index contributed by atoms with van der Waals surface area (Å²) in [6.45, 7) is 7.35. The molecule has 2 fully saturated rings. The molecule has 3 rings (SSSR count). The molecule has 2 aliphatic rings. The van der Waals surface area contributed by atoms with Crippen LogP contribution in [0.15, 0.2) is 30.3 Å². The van der Waals surface area contributed by atoms with Gasteiger partial charge in [-0.15, -0.1) is 0 Å². The van der Waals surface area contributed by atoms with Crippen LogP contribution >= 0.6 is 0 Å². The maximum absolute atomic E-state index is 12.9. The highest BCUT2D eigenvalue weighted by Crippen LogP contribution is 2.22. The molecule has 0 N–H and O–H groups in total. The fourth-order valence-corrected chi connectivity index (χ4v) is 4.41. The molecule has 1 aliphatic heterocycles. The molecule has 1 atom stereocenters. The summed E-state index contributed by atoms with van der Waals surface area (Å²) >= 11 is 0. The number of carbonyl (C=O) groups excluding carboxylic acids is 1. The van der Waals surface area contributed by atoms with Gasteiger partial charge in [-0.05, 0) is 31.7 Å². The Labute approximate surface area is 159 Å². The number of hydrogen-bond acceptors (Lipinski definition) is 3. The van der Waals surface area contributed by atoms with Gasteiger partial charge in [0.15, 0.2) is 0 Å². The van der Waals surface area contributed by atoms with Crippen LogP contribution in [0.2, 0.25) is 0 Å². The summed E-state index contributed by atoms with van der Waals surface area (Å²) in [6.07, 6.45) is 7.36. The highest BCUT2D eigenvalue weighted by atomic mass is 16.2. The van der Waals surface area contributed by atoms with Gasteiger partial charge in [0.05, 0.1) is 6.04 Å². The predicted octanol–water partition coefficient (Wildman–Crippen LogP) is 3.03. The van der Waals surface area contributed by atoms with Crippen LogP contribution in [0.4, 0.5) is 0 Å². The molecule has 1 aliphatic carbocycles. The second-order valence-corrected chi connectivity index (χ2v) is 8.03. The smallest absolute Gasteiger partial charge is 0.239 e. The summed E-state index contributed by atoms with van der Waals surface area (Å²) in [5.74, 6) is 0.314. The fraction of sp³-hybridized carbons (Fsp3) is 0.682. The van der Waals surface area contributed by atoms with Crippen molar-refractivity contribution in [1.29, 1.82) is 0 Å². The molecular weight excluding hydrogens is 322 g/mol. The Morgan fingerprint density at radius 1 is 1.08 bits per heavy atom. The van der Waals surface area contributed by atoms with E-state index in [2.05, 4.69) is 47.1 Å². The lowest BCUT2D eigenvalue weighted by atomic mass is 9.94. The highest BCUT2D eigenvalue weighted by Gasteiger charge is 2.30. The third-order valence-corrected chi connectivity index (χ3v) is 6.34. The minimum atomic E-state index is 0.0122. The topological polar surface area (TPSA) is 26.8 Å². The SMILES string of the molecule is CC(C(=O)N(C)C1CCCCC1)N1CCN(CCc2ccccc2)CC1. The molecule has 1 saturated carbocycles. The molecule has 0 spiro atoms. The zero-order valence-electron chi connectivity index (χ0n) is 16.6. The number of hydrogen-bond donors (Lipinski definition) is 0. The van der Waals surface area contributed by atoms with Crippen LogP contribution in [-0.4, -0.2) is 72.5 Å². The van der Waals surface area contributed by atoms with Crippen molar-refractivity contribution >= 4 is 5.91 Å². The number of amides is 1. The van der Waals surface area contributed by atoms with Gasteiger partial charge in [-0.3, -0.25) is 9.69 Å². The van der Waals surface area contributed by atoms with Gasteiger partial charge in [-0.2, -0.15) is 0 Å². The second-order valence-electron chi connectivity index (χ2n) is 8.03. The van der Waals surface area contributed by atoms with E-state index in [1.54, 1.807) is 0 Å². The molecule has 1 aromatic carbocycles. The quantitative estimate of drug-likeness (QED) is 0.783. The van der Waals surface area contributed by atoms with Crippen LogP contribution in [-0.2, 0) is 11.2 Å². The summed E-state index contributed by atoms with van der Waals surface area (Å²) in [5, 5.41) is 0. The lowest BCUT2D eigenvalue weighted by molar-refractivity contribution is -0.138. The first-order chi connectivity index (χ1) is 12.6. The van der Waals surface area contributed by atoms with Crippen molar-refractivity contribution in [1.82, 2.24) is 14.7 Å². The average molecular weight is 358 g/mol. The van der Waals surface area contributed by atoms with Gasteiger partial charge >= 0.3 is 0 Å². The molecule has 1 unspecified atom stereocenters. The molecule has 1 saturated heterocycles. The van der Waals surface area contributed by atoms with E-state index in [1.807, 2.05) is 11.9 Å².